The third kappa shape index (κ3) is 4.83. The molecule has 0 aromatic heterocycles. The third-order valence-corrected chi connectivity index (χ3v) is 5.33. The molecule has 0 spiro atoms. The number of hydrogen-bond donors (Lipinski definition) is 0. The van der Waals surface area contributed by atoms with Gasteiger partial charge in [-0.1, -0.05) is 31.5 Å². The minimum Gasteiger partial charge on any atom is -0.494 e. The average Bonchev–Trinajstić information content (AvgIpc) is 3.40. The number of ether oxygens (including phenoxy) is 2. The van der Waals surface area contributed by atoms with Gasteiger partial charge >= 0.3 is 0 Å². The van der Waals surface area contributed by atoms with Gasteiger partial charge in [-0.2, -0.15) is 0 Å². The zero-order valence-electron chi connectivity index (χ0n) is 14.6. The van der Waals surface area contributed by atoms with Crippen LogP contribution in [0.1, 0.15) is 43.7 Å². The van der Waals surface area contributed by atoms with Crippen molar-refractivity contribution in [1.82, 2.24) is 0 Å². The van der Waals surface area contributed by atoms with Crippen molar-refractivity contribution in [2.24, 2.45) is 0 Å². The van der Waals surface area contributed by atoms with Crippen molar-refractivity contribution in [2.75, 3.05) is 13.2 Å². The van der Waals surface area contributed by atoms with E-state index < -0.39 is 0 Å². The second kappa shape index (κ2) is 8.33. The number of unbranched alkanes of at least 4 members (excludes halogenated alkanes) is 1. The lowest BCUT2D eigenvalue weighted by molar-refractivity contribution is 0.100. The summed E-state index contributed by atoms with van der Waals surface area (Å²) in [6.07, 6.45) is 4.52. The highest BCUT2D eigenvalue weighted by Gasteiger charge is 2.44. The highest BCUT2D eigenvalue weighted by atomic mass is 79.9. The van der Waals surface area contributed by atoms with Gasteiger partial charge in [0, 0.05) is 5.41 Å². The molecule has 0 bridgehead atoms. The summed E-state index contributed by atoms with van der Waals surface area (Å²) in [6.45, 7) is 4.13. The van der Waals surface area contributed by atoms with Gasteiger partial charge in [0.1, 0.15) is 11.6 Å². The van der Waals surface area contributed by atoms with Crippen molar-refractivity contribution < 1.29 is 13.9 Å². The maximum absolute atomic E-state index is 13.3. The molecule has 0 radical (unpaired) electrons. The van der Waals surface area contributed by atoms with Crippen molar-refractivity contribution in [1.29, 1.82) is 0 Å². The van der Waals surface area contributed by atoms with Crippen LogP contribution in [-0.2, 0) is 16.8 Å². The molecule has 25 heavy (non-hydrogen) atoms. The number of halogens is 2. The Balaban J connectivity index is 1.52. The first-order chi connectivity index (χ1) is 12.1. The van der Waals surface area contributed by atoms with Crippen LogP contribution < -0.4 is 4.74 Å². The SMILES string of the molecule is CCCCOc1ccc(C2(COCc3ccc(F)c(Br)c3)CC2)cc1. The topological polar surface area (TPSA) is 18.5 Å². The summed E-state index contributed by atoms with van der Waals surface area (Å²) in [6, 6.07) is 13.4. The second-order valence-corrected chi connectivity index (χ2v) is 7.60. The first-order valence-electron chi connectivity index (χ1n) is 8.88. The molecule has 0 atom stereocenters. The molecular weight excluding hydrogens is 383 g/mol. The molecule has 2 aromatic rings. The van der Waals surface area contributed by atoms with Crippen LogP contribution in [0.25, 0.3) is 0 Å². The molecule has 0 N–H and O–H groups in total. The molecule has 0 saturated heterocycles. The van der Waals surface area contributed by atoms with Crippen LogP contribution in [0.4, 0.5) is 4.39 Å². The Morgan fingerprint density at radius 2 is 1.88 bits per heavy atom. The first-order valence-corrected chi connectivity index (χ1v) is 9.67. The molecule has 0 heterocycles. The minimum atomic E-state index is -0.247. The lowest BCUT2D eigenvalue weighted by Gasteiger charge is -2.17. The van der Waals surface area contributed by atoms with Crippen molar-refractivity contribution in [3.05, 3.63) is 63.9 Å². The van der Waals surface area contributed by atoms with Gasteiger partial charge in [-0.25, -0.2) is 4.39 Å². The molecule has 2 nitrogen and oxygen atoms in total. The number of rotatable bonds is 9. The molecule has 0 unspecified atom stereocenters. The lowest BCUT2D eigenvalue weighted by Crippen LogP contribution is -2.15. The van der Waals surface area contributed by atoms with E-state index in [0.29, 0.717) is 17.7 Å². The molecule has 1 aliphatic carbocycles. The molecule has 1 fully saturated rings. The summed E-state index contributed by atoms with van der Waals surface area (Å²) < 4.78 is 25.4. The molecule has 1 aliphatic rings. The van der Waals surface area contributed by atoms with E-state index in [1.807, 2.05) is 0 Å². The fourth-order valence-corrected chi connectivity index (χ4v) is 3.33. The average molecular weight is 407 g/mol. The standard InChI is InChI=1S/C21H24BrFO2/c1-2-3-12-25-18-7-5-17(6-8-18)21(10-11-21)15-24-14-16-4-9-20(23)19(22)13-16/h4-9,13H,2-3,10-12,14-15H2,1H3. The summed E-state index contributed by atoms with van der Waals surface area (Å²) in [5.41, 5.74) is 2.43. The Labute approximate surface area is 157 Å². The van der Waals surface area contributed by atoms with Gasteiger partial charge in [0.25, 0.3) is 0 Å². The summed E-state index contributed by atoms with van der Waals surface area (Å²) in [5.74, 6) is 0.689. The van der Waals surface area contributed by atoms with Crippen LogP contribution in [-0.4, -0.2) is 13.2 Å². The highest BCUT2D eigenvalue weighted by molar-refractivity contribution is 9.10. The van der Waals surface area contributed by atoms with Gasteiger partial charge in [0.2, 0.25) is 0 Å². The van der Waals surface area contributed by atoms with E-state index in [1.165, 1.54) is 11.6 Å². The summed E-state index contributed by atoms with van der Waals surface area (Å²) in [5, 5.41) is 0. The van der Waals surface area contributed by atoms with Crippen molar-refractivity contribution in [3.8, 4) is 5.75 Å². The Bertz CT molecular complexity index is 696. The monoisotopic (exact) mass is 406 g/mol. The van der Waals surface area contributed by atoms with Crippen molar-refractivity contribution in [3.63, 3.8) is 0 Å². The van der Waals surface area contributed by atoms with E-state index in [2.05, 4.69) is 47.1 Å². The lowest BCUT2D eigenvalue weighted by atomic mass is 9.97. The molecule has 0 aliphatic heterocycles. The van der Waals surface area contributed by atoms with Crippen LogP contribution >= 0.6 is 15.9 Å². The van der Waals surface area contributed by atoms with E-state index in [-0.39, 0.29) is 11.2 Å². The minimum absolute atomic E-state index is 0.138. The highest BCUT2D eigenvalue weighted by Crippen LogP contribution is 2.48. The van der Waals surface area contributed by atoms with E-state index in [4.69, 9.17) is 9.47 Å². The third-order valence-electron chi connectivity index (χ3n) is 4.72. The zero-order valence-corrected chi connectivity index (χ0v) is 16.1. The van der Waals surface area contributed by atoms with Gasteiger partial charge in [0.05, 0.1) is 24.3 Å². The largest absolute Gasteiger partial charge is 0.494 e. The van der Waals surface area contributed by atoms with Crippen LogP contribution in [0.15, 0.2) is 46.9 Å². The quantitative estimate of drug-likeness (QED) is 0.474. The molecule has 2 aromatic carbocycles. The van der Waals surface area contributed by atoms with E-state index in [0.717, 1.165) is 43.6 Å². The van der Waals surface area contributed by atoms with Gasteiger partial charge < -0.3 is 9.47 Å². The van der Waals surface area contributed by atoms with Crippen molar-refractivity contribution >= 4 is 15.9 Å². The predicted molar refractivity (Wildman–Crippen MR) is 102 cm³/mol. The van der Waals surface area contributed by atoms with Crippen LogP contribution in [0.5, 0.6) is 5.75 Å². The Hall–Kier alpha value is -1.39. The molecule has 134 valence electrons. The van der Waals surface area contributed by atoms with Gasteiger partial charge in [-0.15, -0.1) is 0 Å². The fraction of sp³-hybridized carbons (Fsp3) is 0.429. The maximum atomic E-state index is 13.3. The normalized spacial score (nSPS) is 15.2. The Kier molecular flexibility index (Phi) is 6.13. The van der Waals surface area contributed by atoms with Gasteiger partial charge in [-0.05, 0) is 70.6 Å². The number of hydrogen-bond acceptors (Lipinski definition) is 2. The Morgan fingerprint density at radius 1 is 1.12 bits per heavy atom. The fourth-order valence-electron chi connectivity index (χ4n) is 2.90. The Morgan fingerprint density at radius 3 is 2.52 bits per heavy atom. The predicted octanol–water partition coefficient (Wildman–Crippen LogP) is 6.02. The van der Waals surface area contributed by atoms with Crippen molar-refractivity contribution in [2.45, 2.75) is 44.6 Å². The molecule has 1 saturated carbocycles. The van der Waals surface area contributed by atoms with E-state index >= 15 is 0 Å². The van der Waals surface area contributed by atoms with Crippen LogP contribution in [0, 0.1) is 5.82 Å². The van der Waals surface area contributed by atoms with Gasteiger partial charge in [-0.3, -0.25) is 0 Å². The zero-order chi connectivity index (χ0) is 17.7. The summed E-state index contributed by atoms with van der Waals surface area (Å²) in [4.78, 5) is 0. The molecule has 4 heteroatoms. The summed E-state index contributed by atoms with van der Waals surface area (Å²) in [7, 11) is 0. The number of benzene rings is 2. The van der Waals surface area contributed by atoms with Crippen LogP contribution in [0.3, 0.4) is 0 Å². The maximum Gasteiger partial charge on any atom is 0.137 e. The first kappa shape index (κ1) is 18.4. The van der Waals surface area contributed by atoms with E-state index in [1.54, 1.807) is 12.1 Å². The summed E-state index contributed by atoms with van der Waals surface area (Å²) >= 11 is 3.21. The second-order valence-electron chi connectivity index (χ2n) is 6.75. The molecular formula is C21H24BrFO2. The van der Waals surface area contributed by atoms with Gasteiger partial charge in [0.15, 0.2) is 0 Å². The van der Waals surface area contributed by atoms with E-state index in [9.17, 15) is 4.39 Å². The molecule has 0 amide bonds. The van der Waals surface area contributed by atoms with Crippen LogP contribution in [0.2, 0.25) is 0 Å². The smallest absolute Gasteiger partial charge is 0.137 e. The molecule has 3 rings (SSSR count).